The van der Waals surface area contributed by atoms with Gasteiger partial charge in [-0.1, -0.05) is 0 Å². The minimum Gasteiger partial charge on any atom is -0.370 e. The van der Waals surface area contributed by atoms with Crippen LogP contribution in [0.1, 0.15) is 36.9 Å². The number of fused-ring (bicyclic) bond motifs is 2. The number of rotatable bonds is 3. The summed E-state index contributed by atoms with van der Waals surface area (Å²) in [6.45, 7) is 6.34. The van der Waals surface area contributed by atoms with Gasteiger partial charge in [-0.3, -0.25) is 10.9 Å². The van der Waals surface area contributed by atoms with E-state index in [4.69, 9.17) is 14.7 Å². The molecule has 0 bridgehead atoms. The highest BCUT2D eigenvalue weighted by atomic mass is 16.5. The van der Waals surface area contributed by atoms with Crippen molar-refractivity contribution in [1.29, 1.82) is 0 Å². The van der Waals surface area contributed by atoms with Gasteiger partial charge in [-0.2, -0.15) is 4.98 Å². The third-order valence-corrected chi connectivity index (χ3v) is 6.16. The van der Waals surface area contributed by atoms with Gasteiger partial charge in [-0.05, 0) is 38.1 Å². The summed E-state index contributed by atoms with van der Waals surface area (Å²) in [5, 5.41) is 7.21. The molecule has 0 amide bonds. The van der Waals surface area contributed by atoms with E-state index in [-0.39, 0.29) is 0 Å². The number of nitrogens with one attached hydrogen (secondary N) is 4. The lowest BCUT2D eigenvalue weighted by atomic mass is 9.83. The van der Waals surface area contributed by atoms with E-state index in [1.54, 1.807) is 0 Å². The molecule has 3 fully saturated rings. The fraction of sp³-hybridized carbons (Fsp3) is 0.778. The maximum absolute atomic E-state index is 5.69. The second kappa shape index (κ2) is 7.26. The van der Waals surface area contributed by atoms with Gasteiger partial charge in [0.15, 0.2) is 0 Å². The molecule has 1 aliphatic carbocycles. The molecule has 1 aromatic rings. The van der Waals surface area contributed by atoms with Crippen molar-refractivity contribution in [3.8, 4) is 0 Å². The summed E-state index contributed by atoms with van der Waals surface area (Å²) in [6.07, 6.45) is 4.71. The first-order valence-corrected chi connectivity index (χ1v) is 10.0. The van der Waals surface area contributed by atoms with Crippen molar-refractivity contribution in [3.63, 3.8) is 0 Å². The number of hydrazine groups is 1. The summed E-state index contributed by atoms with van der Waals surface area (Å²) >= 11 is 0. The molecular formula is C18H29N7O. The monoisotopic (exact) mass is 359 g/mol. The molecule has 1 aromatic heterocycles. The zero-order valence-corrected chi connectivity index (χ0v) is 15.3. The minimum absolute atomic E-state index is 0.483. The fourth-order valence-corrected chi connectivity index (χ4v) is 4.67. The summed E-state index contributed by atoms with van der Waals surface area (Å²) < 4.78 is 5.69. The van der Waals surface area contributed by atoms with Gasteiger partial charge in [0, 0.05) is 43.8 Å². The predicted octanol–water partition coefficient (Wildman–Crippen LogP) is 0.364. The Hall–Kier alpha value is -1.48. The smallest absolute Gasteiger partial charge is 0.227 e. The maximum atomic E-state index is 5.69. The number of nitrogens with zero attached hydrogens (tertiary/aromatic N) is 3. The van der Waals surface area contributed by atoms with Gasteiger partial charge in [0.2, 0.25) is 5.95 Å². The van der Waals surface area contributed by atoms with Gasteiger partial charge in [-0.15, -0.1) is 0 Å². The highest BCUT2D eigenvalue weighted by Crippen LogP contribution is 2.32. The van der Waals surface area contributed by atoms with Crippen LogP contribution in [0.3, 0.4) is 0 Å². The molecule has 1 saturated carbocycles. The summed E-state index contributed by atoms with van der Waals surface area (Å²) in [6, 6.07) is 1.11. The maximum Gasteiger partial charge on any atom is 0.227 e. The Balaban J connectivity index is 1.37. The van der Waals surface area contributed by atoms with E-state index in [0.717, 1.165) is 62.2 Å². The van der Waals surface area contributed by atoms with Crippen molar-refractivity contribution in [2.75, 3.05) is 42.9 Å². The molecule has 4 heterocycles. The quantitative estimate of drug-likeness (QED) is 0.616. The third kappa shape index (κ3) is 3.26. The molecule has 26 heavy (non-hydrogen) atoms. The summed E-state index contributed by atoms with van der Waals surface area (Å²) in [7, 11) is 0. The van der Waals surface area contributed by atoms with Crippen molar-refractivity contribution in [2.24, 2.45) is 5.92 Å². The number of hydrogen-bond donors (Lipinski definition) is 4. The second-order valence-corrected chi connectivity index (χ2v) is 7.93. The molecular weight excluding hydrogens is 330 g/mol. The Morgan fingerprint density at radius 1 is 1.12 bits per heavy atom. The molecule has 8 heteroatoms. The van der Waals surface area contributed by atoms with E-state index in [9.17, 15) is 0 Å². The van der Waals surface area contributed by atoms with Gasteiger partial charge in [0.05, 0.1) is 18.9 Å². The van der Waals surface area contributed by atoms with Crippen molar-refractivity contribution in [1.82, 2.24) is 26.1 Å². The lowest BCUT2D eigenvalue weighted by molar-refractivity contribution is 0.133. The van der Waals surface area contributed by atoms with Crippen LogP contribution in [0.4, 0.5) is 11.8 Å². The summed E-state index contributed by atoms with van der Waals surface area (Å²) in [5.74, 6) is 2.57. The summed E-state index contributed by atoms with van der Waals surface area (Å²) in [4.78, 5) is 12.1. The zero-order chi connectivity index (χ0) is 17.3. The Morgan fingerprint density at radius 2 is 2.12 bits per heavy atom. The lowest BCUT2D eigenvalue weighted by Gasteiger charge is -2.32. The Morgan fingerprint density at radius 3 is 3.12 bits per heavy atom. The van der Waals surface area contributed by atoms with Gasteiger partial charge in [0.1, 0.15) is 5.82 Å². The molecule has 0 radical (unpaired) electrons. The molecule has 2 saturated heterocycles. The Kier molecular flexibility index (Phi) is 4.66. The molecule has 3 aliphatic heterocycles. The molecule has 4 aliphatic rings. The topological polar surface area (TPSA) is 86.4 Å². The molecule has 3 unspecified atom stereocenters. The van der Waals surface area contributed by atoms with Crippen molar-refractivity contribution in [3.05, 3.63) is 11.3 Å². The number of anilines is 2. The van der Waals surface area contributed by atoms with E-state index in [0.29, 0.717) is 31.2 Å². The Bertz CT molecular complexity index is 647. The molecule has 0 aromatic carbocycles. The third-order valence-electron chi connectivity index (χ3n) is 6.16. The first-order chi connectivity index (χ1) is 12.9. The molecule has 142 valence electrons. The predicted molar refractivity (Wildman–Crippen MR) is 99.9 cm³/mol. The van der Waals surface area contributed by atoms with Crippen LogP contribution in [-0.2, 0) is 18.0 Å². The van der Waals surface area contributed by atoms with Crippen molar-refractivity contribution >= 4 is 11.8 Å². The van der Waals surface area contributed by atoms with Crippen LogP contribution < -0.4 is 26.4 Å². The summed E-state index contributed by atoms with van der Waals surface area (Å²) in [5.41, 5.74) is 8.94. The van der Waals surface area contributed by atoms with E-state index in [1.165, 1.54) is 19.3 Å². The van der Waals surface area contributed by atoms with Gasteiger partial charge >= 0.3 is 0 Å². The highest BCUT2D eigenvalue weighted by Gasteiger charge is 2.34. The first-order valence-electron chi connectivity index (χ1n) is 10.0. The van der Waals surface area contributed by atoms with Gasteiger partial charge in [-0.25, -0.2) is 4.98 Å². The van der Waals surface area contributed by atoms with Crippen LogP contribution in [0, 0.1) is 5.92 Å². The van der Waals surface area contributed by atoms with Gasteiger partial charge < -0.3 is 20.3 Å². The van der Waals surface area contributed by atoms with Crippen molar-refractivity contribution in [2.45, 2.75) is 51.0 Å². The normalized spacial score (nSPS) is 31.4. The van der Waals surface area contributed by atoms with Crippen LogP contribution in [0.15, 0.2) is 0 Å². The van der Waals surface area contributed by atoms with Crippen LogP contribution in [0.25, 0.3) is 0 Å². The number of aromatic nitrogens is 2. The van der Waals surface area contributed by atoms with E-state index >= 15 is 0 Å². The van der Waals surface area contributed by atoms with Crippen LogP contribution >= 0.6 is 0 Å². The average Bonchev–Trinajstić information content (AvgIpc) is 3.24. The minimum atomic E-state index is 0.483. The zero-order valence-electron chi connectivity index (χ0n) is 15.3. The molecule has 3 atom stereocenters. The van der Waals surface area contributed by atoms with E-state index < -0.39 is 0 Å². The van der Waals surface area contributed by atoms with E-state index in [2.05, 4.69) is 26.4 Å². The van der Waals surface area contributed by atoms with Crippen LogP contribution in [0.2, 0.25) is 0 Å². The largest absolute Gasteiger partial charge is 0.370 e. The molecule has 0 spiro atoms. The standard InChI is InChI=1S/C18H29N7O/c1-4-19-5-7-25(6-1)18-22-16-11-26-10-14(16)17(23-18)21-13-2-3-15-12(8-13)9-20-24-15/h12-13,15,19-20,24H,1-11H2,(H,21,22,23). The van der Waals surface area contributed by atoms with E-state index in [1.807, 2.05) is 0 Å². The van der Waals surface area contributed by atoms with Crippen LogP contribution in [0.5, 0.6) is 0 Å². The van der Waals surface area contributed by atoms with Crippen molar-refractivity contribution < 1.29 is 4.74 Å². The first kappa shape index (κ1) is 16.7. The fourth-order valence-electron chi connectivity index (χ4n) is 4.67. The SMILES string of the molecule is C1CNCCN(c2nc3c(c(NC4CCC5NNCC5C4)n2)COC3)C1. The molecule has 5 rings (SSSR count). The van der Waals surface area contributed by atoms with Crippen LogP contribution in [-0.4, -0.2) is 54.8 Å². The highest BCUT2D eigenvalue weighted by molar-refractivity contribution is 5.53. The second-order valence-electron chi connectivity index (χ2n) is 7.93. The molecule has 4 N–H and O–H groups in total. The Labute approximate surface area is 154 Å². The number of hydrogen-bond acceptors (Lipinski definition) is 8. The average molecular weight is 359 g/mol. The lowest BCUT2D eigenvalue weighted by Crippen LogP contribution is -2.39. The van der Waals surface area contributed by atoms with Gasteiger partial charge in [0.25, 0.3) is 0 Å². The number of ether oxygens (including phenoxy) is 1. The molecule has 8 nitrogen and oxygen atoms in total.